The first-order valence-corrected chi connectivity index (χ1v) is 9.84. The van der Waals surface area contributed by atoms with Gasteiger partial charge in [0.25, 0.3) is 0 Å². The number of aromatic nitrogens is 1. The molecule has 0 fully saturated rings. The van der Waals surface area contributed by atoms with E-state index in [1.165, 1.54) is 11.3 Å². The average molecular weight is 437 g/mol. The summed E-state index contributed by atoms with van der Waals surface area (Å²) in [6, 6.07) is 3.60. The molecule has 0 aliphatic heterocycles. The number of allylic oxidation sites excluding steroid dienone is 1. The highest BCUT2D eigenvalue weighted by molar-refractivity contribution is 7.80. The Morgan fingerprint density at radius 2 is 2.18 bits per heavy atom. The van der Waals surface area contributed by atoms with Gasteiger partial charge in [-0.1, -0.05) is 25.2 Å². The van der Waals surface area contributed by atoms with Gasteiger partial charge in [-0.2, -0.15) is 5.10 Å². The van der Waals surface area contributed by atoms with Gasteiger partial charge in [-0.15, -0.1) is 0 Å². The van der Waals surface area contributed by atoms with Crippen LogP contribution in [0.2, 0.25) is 0 Å². The number of hydrazone groups is 1. The van der Waals surface area contributed by atoms with Crippen molar-refractivity contribution in [2.45, 2.75) is 20.8 Å². The van der Waals surface area contributed by atoms with Gasteiger partial charge in [0.15, 0.2) is 15.4 Å². The van der Waals surface area contributed by atoms with Crippen molar-refractivity contribution in [2.24, 2.45) is 16.8 Å². The van der Waals surface area contributed by atoms with Crippen LogP contribution in [0.15, 0.2) is 34.0 Å². The molecule has 2 rings (SSSR count). The number of thiocarbonyl (C=S) groups is 2. The van der Waals surface area contributed by atoms with E-state index < -0.39 is 0 Å². The lowest BCUT2D eigenvalue weighted by Crippen LogP contribution is -2.36. The quantitative estimate of drug-likeness (QED) is 0.310. The molecule has 0 spiro atoms. The second-order valence-corrected chi connectivity index (χ2v) is 7.70. The fraction of sp³-hybridized carbons (Fsp3) is 0.235. The van der Waals surface area contributed by atoms with E-state index >= 15 is 0 Å². The molecule has 0 saturated carbocycles. The first-order valence-electron chi connectivity index (χ1n) is 8.20. The molecule has 5 N–H and O–H groups in total. The largest absolute Gasteiger partial charge is 0.465 e. The molecule has 0 unspecified atom stereocenters. The highest BCUT2D eigenvalue weighted by atomic mass is 32.1. The first-order chi connectivity index (χ1) is 13.3. The molecule has 28 heavy (non-hydrogen) atoms. The molecule has 0 aliphatic carbocycles. The molecule has 11 heteroatoms. The smallest absolute Gasteiger partial charge is 0.228 e. The molecule has 0 saturated heterocycles. The molecule has 0 bridgehead atoms. The maximum absolute atomic E-state index is 11.7. The number of anilines is 1. The molecule has 148 valence electrons. The van der Waals surface area contributed by atoms with E-state index in [-0.39, 0.29) is 22.0 Å². The van der Waals surface area contributed by atoms with Crippen molar-refractivity contribution in [3.8, 4) is 0 Å². The van der Waals surface area contributed by atoms with Gasteiger partial charge < -0.3 is 20.8 Å². The number of nitrogens with zero attached hydrogens (tertiary/aromatic N) is 2. The van der Waals surface area contributed by atoms with Crippen LogP contribution < -0.4 is 21.8 Å². The minimum absolute atomic E-state index is 0.0435. The third-order valence-corrected chi connectivity index (χ3v) is 4.64. The molecule has 0 radical (unpaired) electrons. The van der Waals surface area contributed by atoms with E-state index in [2.05, 4.69) is 26.1 Å². The van der Waals surface area contributed by atoms with Crippen LogP contribution in [0.5, 0.6) is 0 Å². The maximum Gasteiger partial charge on any atom is 0.228 e. The normalized spacial score (nSPS) is 11.6. The van der Waals surface area contributed by atoms with Gasteiger partial charge >= 0.3 is 0 Å². The molecule has 1 amide bonds. The number of thiazole rings is 1. The molecule has 0 aliphatic rings. The van der Waals surface area contributed by atoms with Crippen LogP contribution in [0, 0.1) is 12.8 Å². The molecular weight excluding hydrogens is 416 g/mol. The molecule has 0 aromatic carbocycles. The van der Waals surface area contributed by atoms with Crippen LogP contribution in [-0.4, -0.2) is 26.8 Å². The number of carbonyl (C=O) groups is 1. The summed E-state index contributed by atoms with van der Waals surface area (Å²) in [4.78, 5) is 17.0. The van der Waals surface area contributed by atoms with Crippen LogP contribution in [0.3, 0.4) is 0 Å². The zero-order valence-electron chi connectivity index (χ0n) is 15.5. The van der Waals surface area contributed by atoms with Crippen molar-refractivity contribution in [3.05, 3.63) is 40.8 Å². The first kappa shape index (κ1) is 21.7. The SMILES string of the molecule is Cc1nc(NC(=S)NC(=O)C(C)C)sc1C(C=Cc1ccco1)=NNC(N)=S. The fourth-order valence-electron chi connectivity index (χ4n) is 1.90. The third kappa shape index (κ3) is 6.51. The number of nitrogens with one attached hydrogen (secondary N) is 3. The minimum atomic E-state index is -0.176. The highest BCUT2D eigenvalue weighted by Gasteiger charge is 2.15. The van der Waals surface area contributed by atoms with Gasteiger partial charge in [0.1, 0.15) is 11.5 Å². The van der Waals surface area contributed by atoms with E-state index in [1.807, 2.05) is 13.0 Å². The van der Waals surface area contributed by atoms with Crippen molar-refractivity contribution in [2.75, 3.05) is 5.32 Å². The molecular formula is C17H20N6O2S3. The number of furan rings is 1. The Labute approximate surface area is 177 Å². The van der Waals surface area contributed by atoms with Gasteiger partial charge in [-0.25, -0.2) is 4.98 Å². The number of rotatable bonds is 6. The summed E-state index contributed by atoms with van der Waals surface area (Å²) in [6.07, 6.45) is 5.10. The van der Waals surface area contributed by atoms with Crippen LogP contribution in [-0.2, 0) is 4.79 Å². The lowest BCUT2D eigenvalue weighted by molar-refractivity contribution is -0.122. The molecule has 8 nitrogen and oxygen atoms in total. The second-order valence-electron chi connectivity index (χ2n) is 5.85. The van der Waals surface area contributed by atoms with Crippen LogP contribution >= 0.6 is 35.8 Å². The van der Waals surface area contributed by atoms with Gasteiger partial charge in [-0.3, -0.25) is 10.2 Å². The summed E-state index contributed by atoms with van der Waals surface area (Å²) in [5.41, 5.74) is 9.34. The Kier molecular flexibility index (Phi) is 7.79. The van der Waals surface area contributed by atoms with E-state index in [1.54, 1.807) is 38.3 Å². The molecule has 0 atom stereocenters. The number of aryl methyl sites for hydroxylation is 1. The van der Waals surface area contributed by atoms with Gasteiger partial charge in [0.2, 0.25) is 5.91 Å². The second kappa shape index (κ2) is 10.1. The lowest BCUT2D eigenvalue weighted by atomic mass is 10.2. The van der Waals surface area contributed by atoms with Gasteiger partial charge in [-0.05, 0) is 55.6 Å². The zero-order chi connectivity index (χ0) is 20.7. The fourth-order valence-corrected chi connectivity index (χ4v) is 3.15. The Bertz CT molecular complexity index is 915. The van der Waals surface area contributed by atoms with E-state index in [0.717, 1.165) is 10.6 Å². The van der Waals surface area contributed by atoms with Crippen molar-refractivity contribution in [1.29, 1.82) is 0 Å². The number of amides is 1. The summed E-state index contributed by atoms with van der Waals surface area (Å²) in [5, 5.41) is 10.5. The average Bonchev–Trinajstić information content (AvgIpc) is 3.24. The Balaban J connectivity index is 2.21. The van der Waals surface area contributed by atoms with Gasteiger partial charge in [0.05, 0.1) is 16.8 Å². The molecule has 2 aromatic heterocycles. The summed E-state index contributed by atoms with van der Waals surface area (Å²) >= 11 is 11.3. The zero-order valence-corrected chi connectivity index (χ0v) is 17.9. The standard InChI is InChI=1S/C17H20N6O2S3/c1-9(2)14(24)20-16(27)21-17-19-10(3)13(28-17)12(22-23-15(18)26)7-6-11-5-4-8-25-11/h4-9H,1-3H3,(H3,18,23,26)(H2,19,20,21,24,27). The minimum Gasteiger partial charge on any atom is -0.465 e. The van der Waals surface area contributed by atoms with Crippen LogP contribution in [0.1, 0.15) is 30.2 Å². The van der Waals surface area contributed by atoms with E-state index in [0.29, 0.717) is 16.6 Å². The van der Waals surface area contributed by atoms with Crippen molar-refractivity contribution in [1.82, 2.24) is 15.7 Å². The summed E-state index contributed by atoms with van der Waals surface area (Å²) < 4.78 is 5.30. The number of hydrogen-bond acceptors (Lipinski definition) is 7. The van der Waals surface area contributed by atoms with E-state index in [4.69, 9.17) is 34.6 Å². The molecule has 2 heterocycles. The predicted molar refractivity (Wildman–Crippen MR) is 120 cm³/mol. The number of nitrogens with two attached hydrogens (primary N) is 1. The van der Waals surface area contributed by atoms with Crippen LogP contribution in [0.4, 0.5) is 5.13 Å². The Morgan fingerprint density at radius 3 is 2.79 bits per heavy atom. The monoisotopic (exact) mass is 436 g/mol. The van der Waals surface area contributed by atoms with Gasteiger partial charge in [0, 0.05) is 5.92 Å². The predicted octanol–water partition coefficient (Wildman–Crippen LogP) is 2.76. The Morgan fingerprint density at radius 1 is 1.43 bits per heavy atom. The summed E-state index contributed by atoms with van der Waals surface area (Å²) in [7, 11) is 0. The number of carbonyl (C=O) groups excluding carboxylic acids is 1. The topological polar surface area (TPSA) is 118 Å². The Hall–Kier alpha value is -2.63. The summed E-state index contributed by atoms with van der Waals surface area (Å²) in [5.74, 6) is 0.321. The maximum atomic E-state index is 11.7. The lowest BCUT2D eigenvalue weighted by Gasteiger charge is -2.08. The third-order valence-electron chi connectivity index (χ3n) is 3.25. The van der Waals surface area contributed by atoms with E-state index in [9.17, 15) is 4.79 Å². The summed E-state index contributed by atoms with van der Waals surface area (Å²) in [6.45, 7) is 5.41. The van der Waals surface area contributed by atoms with Crippen LogP contribution in [0.25, 0.3) is 6.08 Å². The number of hydrogen-bond donors (Lipinski definition) is 4. The van der Waals surface area contributed by atoms with Crippen molar-refractivity contribution >= 4 is 68.8 Å². The molecule has 2 aromatic rings. The van der Waals surface area contributed by atoms with Crippen molar-refractivity contribution in [3.63, 3.8) is 0 Å². The highest BCUT2D eigenvalue weighted by Crippen LogP contribution is 2.24. The van der Waals surface area contributed by atoms with Crippen molar-refractivity contribution < 1.29 is 9.21 Å².